The van der Waals surface area contributed by atoms with Gasteiger partial charge in [0, 0.05) is 24.0 Å². The maximum atomic E-state index is 3.43. The van der Waals surface area contributed by atoms with Crippen LogP contribution in [0.5, 0.6) is 0 Å². The number of anilines is 1. The Kier molecular flexibility index (Phi) is 1.57. The van der Waals surface area contributed by atoms with Crippen LogP contribution in [0.15, 0.2) is 24.3 Å². The number of hydrogen-bond acceptors (Lipinski definition) is 1. The van der Waals surface area contributed by atoms with Crippen LogP contribution in [0.2, 0.25) is 0 Å². The molecule has 1 aliphatic heterocycles. The predicted molar refractivity (Wildman–Crippen MR) is 59.8 cm³/mol. The summed E-state index contributed by atoms with van der Waals surface area (Å²) in [4.78, 5) is 0. The standard InChI is InChI=1S/C12H14N2/c1-9-3-4-11-10(7-9)8-12-13-5-2-6-14(11)12/h3-4,7-8,13H,2,5-6H2,1H3. The van der Waals surface area contributed by atoms with Crippen LogP contribution < -0.4 is 5.32 Å². The highest BCUT2D eigenvalue weighted by molar-refractivity contribution is 5.85. The summed E-state index contributed by atoms with van der Waals surface area (Å²) in [7, 11) is 0. The summed E-state index contributed by atoms with van der Waals surface area (Å²) < 4.78 is 2.37. The van der Waals surface area contributed by atoms with Gasteiger partial charge in [-0.3, -0.25) is 0 Å². The van der Waals surface area contributed by atoms with E-state index in [1.54, 1.807) is 0 Å². The van der Waals surface area contributed by atoms with Crippen molar-refractivity contribution in [1.29, 1.82) is 0 Å². The number of nitrogens with zero attached hydrogens (tertiary/aromatic N) is 1. The summed E-state index contributed by atoms with van der Waals surface area (Å²) in [5.41, 5.74) is 2.69. The minimum absolute atomic E-state index is 1.11. The lowest BCUT2D eigenvalue weighted by molar-refractivity contribution is 0.649. The van der Waals surface area contributed by atoms with Gasteiger partial charge in [0.05, 0.1) is 0 Å². The highest BCUT2D eigenvalue weighted by atomic mass is 15.1. The molecule has 0 saturated heterocycles. The van der Waals surface area contributed by atoms with Gasteiger partial charge in [-0.05, 0) is 31.5 Å². The van der Waals surface area contributed by atoms with Crippen molar-refractivity contribution >= 4 is 16.7 Å². The highest BCUT2D eigenvalue weighted by Gasteiger charge is 2.11. The van der Waals surface area contributed by atoms with Crippen LogP contribution in [-0.4, -0.2) is 11.1 Å². The minimum atomic E-state index is 1.11. The molecule has 1 aromatic carbocycles. The molecule has 0 radical (unpaired) electrons. The Labute approximate surface area is 83.5 Å². The number of aryl methyl sites for hydroxylation is 2. The molecule has 0 fully saturated rings. The third kappa shape index (κ3) is 1.03. The lowest BCUT2D eigenvalue weighted by Gasteiger charge is -2.17. The van der Waals surface area contributed by atoms with Crippen molar-refractivity contribution in [3.8, 4) is 0 Å². The Morgan fingerprint density at radius 2 is 2.21 bits per heavy atom. The molecule has 0 unspecified atom stereocenters. The molecule has 2 nitrogen and oxygen atoms in total. The van der Waals surface area contributed by atoms with E-state index in [0.29, 0.717) is 0 Å². The Balaban J connectivity index is 2.31. The first-order valence-corrected chi connectivity index (χ1v) is 5.18. The molecule has 1 N–H and O–H groups in total. The first-order chi connectivity index (χ1) is 6.84. The first-order valence-electron chi connectivity index (χ1n) is 5.18. The van der Waals surface area contributed by atoms with E-state index in [2.05, 4.69) is 41.1 Å². The van der Waals surface area contributed by atoms with Crippen molar-refractivity contribution in [1.82, 2.24) is 4.57 Å². The SMILES string of the molecule is Cc1ccc2c(c1)cc1n2CCCN1. The summed E-state index contributed by atoms with van der Waals surface area (Å²) in [5.74, 6) is 1.27. The maximum absolute atomic E-state index is 3.43. The molecule has 0 atom stereocenters. The number of benzene rings is 1. The lowest BCUT2D eigenvalue weighted by Crippen LogP contribution is -2.16. The second-order valence-electron chi connectivity index (χ2n) is 4.02. The summed E-state index contributed by atoms with van der Waals surface area (Å²) in [6.07, 6.45) is 1.23. The molecule has 0 spiro atoms. The van der Waals surface area contributed by atoms with Gasteiger partial charge in [-0.15, -0.1) is 0 Å². The van der Waals surface area contributed by atoms with Crippen LogP contribution >= 0.6 is 0 Å². The Morgan fingerprint density at radius 3 is 3.14 bits per heavy atom. The van der Waals surface area contributed by atoms with Gasteiger partial charge in [0.25, 0.3) is 0 Å². The van der Waals surface area contributed by atoms with Crippen molar-refractivity contribution in [3.05, 3.63) is 29.8 Å². The molecule has 0 saturated carbocycles. The van der Waals surface area contributed by atoms with E-state index in [-0.39, 0.29) is 0 Å². The Bertz CT molecular complexity index is 482. The summed E-state index contributed by atoms with van der Waals surface area (Å²) in [6.45, 7) is 4.40. The summed E-state index contributed by atoms with van der Waals surface area (Å²) >= 11 is 0. The molecule has 14 heavy (non-hydrogen) atoms. The number of aromatic nitrogens is 1. The average molecular weight is 186 g/mol. The zero-order valence-corrected chi connectivity index (χ0v) is 8.38. The zero-order chi connectivity index (χ0) is 9.54. The molecular weight excluding hydrogens is 172 g/mol. The van der Waals surface area contributed by atoms with E-state index in [9.17, 15) is 0 Å². The zero-order valence-electron chi connectivity index (χ0n) is 8.38. The molecule has 2 heterocycles. The quantitative estimate of drug-likeness (QED) is 0.669. The third-order valence-corrected chi connectivity index (χ3v) is 2.92. The van der Waals surface area contributed by atoms with E-state index in [1.165, 1.54) is 28.7 Å². The molecule has 1 aromatic heterocycles. The van der Waals surface area contributed by atoms with Crippen LogP contribution in [0.25, 0.3) is 10.9 Å². The van der Waals surface area contributed by atoms with Gasteiger partial charge >= 0.3 is 0 Å². The Hall–Kier alpha value is -1.44. The molecule has 2 heteroatoms. The van der Waals surface area contributed by atoms with E-state index >= 15 is 0 Å². The van der Waals surface area contributed by atoms with Gasteiger partial charge in [0.15, 0.2) is 0 Å². The second kappa shape index (κ2) is 2.77. The van der Waals surface area contributed by atoms with E-state index in [0.717, 1.165) is 13.1 Å². The van der Waals surface area contributed by atoms with E-state index in [1.807, 2.05) is 0 Å². The second-order valence-corrected chi connectivity index (χ2v) is 4.02. The molecule has 72 valence electrons. The molecule has 2 aromatic rings. The number of hydrogen-bond donors (Lipinski definition) is 1. The number of rotatable bonds is 0. The van der Waals surface area contributed by atoms with Crippen molar-refractivity contribution in [2.45, 2.75) is 19.9 Å². The van der Waals surface area contributed by atoms with Crippen molar-refractivity contribution < 1.29 is 0 Å². The van der Waals surface area contributed by atoms with Crippen LogP contribution in [0.4, 0.5) is 5.82 Å². The third-order valence-electron chi connectivity index (χ3n) is 2.92. The highest BCUT2D eigenvalue weighted by Crippen LogP contribution is 2.26. The lowest BCUT2D eigenvalue weighted by atomic mass is 10.2. The first kappa shape index (κ1) is 7.92. The molecule has 3 rings (SSSR count). The molecular formula is C12H14N2. The van der Waals surface area contributed by atoms with Crippen LogP contribution in [0.3, 0.4) is 0 Å². The van der Waals surface area contributed by atoms with Crippen molar-refractivity contribution in [2.75, 3.05) is 11.9 Å². The number of nitrogens with one attached hydrogen (secondary N) is 1. The maximum Gasteiger partial charge on any atom is 0.106 e. The molecule has 0 aliphatic carbocycles. The fourth-order valence-electron chi connectivity index (χ4n) is 2.23. The topological polar surface area (TPSA) is 17.0 Å². The molecule has 0 bridgehead atoms. The average Bonchev–Trinajstić information content (AvgIpc) is 2.54. The summed E-state index contributed by atoms with van der Waals surface area (Å²) in [5, 5.41) is 4.79. The smallest absolute Gasteiger partial charge is 0.106 e. The van der Waals surface area contributed by atoms with E-state index < -0.39 is 0 Å². The van der Waals surface area contributed by atoms with Crippen LogP contribution in [0.1, 0.15) is 12.0 Å². The van der Waals surface area contributed by atoms with Gasteiger partial charge < -0.3 is 9.88 Å². The van der Waals surface area contributed by atoms with Gasteiger partial charge in [0.1, 0.15) is 5.82 Å². The Morgan fingerprint density at radius 1 is 1.29 bits per heavy atom. The van der Waals surface area contributed by atoms with Crippen LogP contribution in [-0.2, 0) is 6.54 Å². The van der Waals surface area contributed by atoms with Crippen LogP contribution in [0, 0.1) is 6.92 Å². The summed E-state index contributed by atoms with van der Waals surface area (Å²) in [6, 6.07) is 8.91. The van der Waals surface area contributed by atoms with Gasteiger partial charge in [0.2, 0.25) is 0 Å². The van der Waals surface area contributed by atoms with E-state index in [4.69, 9.17) is 0 Å². The van der Waals surface area contributed by atoms with Gasteiger partial charge in [-0.2, -0.15) is 0 Å². The number of fused-ring (bicyclic) bond motifs is 3. The fraction of sp³-hybridized carbons (Fsp3) is 0.333. The predicted octanol–water partition coefficient (Wildman–Crippen LogP) is 2.77. The van der Waals surface area contributed by atoms with Crippen molar-refractivity contribution in [3.63, 3.8) is 0 Å². The molecule has 0 amide bonds. The largest absolute Gasteiger partial charge is 0.371 e. The fourth-order valence-corrected chi connectivity index (χ4v) is 2.23. The monoisotopic (exact) mass is 186 g/mol. The normalized spacial score (nSPS) is 15.2. The molecule has 1 aliphatic rings. The minimum Gasteiger partial charge on any atom is -0.371 e. The van der Waals surface area contributed by atoms with Crippen molar-refractivity contribution in [2.24, 2.45) is 0 Å². The van der Waals surface area contributed by atoms with Gasteiger partial charge in [-0.1, -0.05) is 11.6 Å². The van der Waals surface area contributed by atoms with Gasteiger partial charge in [-0.25, -0.2) is 0 Å².